The van der Waals surface area contributed by atoms with Crippen molar-refractivity contribution in [2.75, 3.05) is 11.9 Å². The summed E-state index contributed by atoms with van der Waals surface area (Å²) in [5.74, 6) is 1.46. The molecule has 1 heterocycles. The molecule has 112 valence electrons. The lowest BCUT2D eigenvalue weighted by atomic mass is 10.0. The first-order valence-electron chi connectivity index (χ1n) is 7.45. The predicted octanol–water partition coefficient (Wildman–Crippen LogP) is 3.92. The first-order chi connectivity index (χ1) is 10.2. The van der Waals surface area contributed by atoms with Crippen LogP contribution in [0.5, 0.6) is 5.88 Å². The number of benzene rings is 1. The van der Waals surface area contributed by atoms with Crippen LogP contribution in [0.25, 0.3) is 0 Å². The summed E-state index contributed by atoms with van der Waals surface area (Å²) in [5, 5.41) is 3.43. The fraction of sp³-hybridized carbons (Fsp3) is 0.412. The number of aromatic nitrogens is 2. The molecular formula is C17H23N3O. The zero-order valence-electron chi connectivity index (χ0n) is 13.2. The van der Waals surface area contributed by atoms with Gasteiger partial charge in [0.1, 0.15) is 12.1 Å². The van der Waals surface area contributed by atoms with Gasteiger partial charge in [-0.15, -0.1) is 0 Å². The molecule has 1 aromatic carbocycles. The van der Waals surface area contributed by atoms with E-state index < -0.39 is 0 Å². The van der Waals surface area contributed by atoms with Gasteiger partial charge < -0.3 is 10.1 Å². The normalized spacial score (nSPS) is 12.0. The molecule has 0 aliphatic heterocycles. The molecular weight excluding hydrogens is 262 g/mol. The van der Waals surface area contributed by atoms with E-state index in [9.17, 15) is 0 Å². The lowest BCUT2D eigenvalue weighted by Crippen LogP contribution is -2.10. The summed E-state index contributed by atoms with van der Waals surface area (Å²) < 4.78 is 5.50. The largest absolute Gasteiger partial charge is 0.478 e. The summed E-state index contributed by atoms with van der Waals surface area (Å²) in [5.41, 5.74) is 3.53. The minimum Gasteiger partial charge on any atom is -0.478 e. The number of nitrogens with zero attached hydrogens (tertiary/aromatic N) is 2. The van der Waals surface area contributed by atoms with Gasteiger partial charge in [0.25, 0.3) is 0 Å². The Bertz CT molecular complexity index is 581. The SMILES string of the molecule is CCOc1ncnc(NC(C)c2ccc(CC)cc2)c1C. The van der Waals surface area contributed by atoms with E-state index in [-0.39, 0.29) is 6.04 Å². The zero-order chi connectivity index (χ0) is 15.2. The molecule has 4 heteroatoms. The molecule has 1 atom stereocenters. The number of ether oxygens (including phenoxy) is 1. The van der Waals surface area contributed by atoms with E-state index in [0.717, 1.165) is 17.8 Å². The summed E-state index contributed by atoms with van der Waals surface area (Å²) in [6, 6.07) is 8.85. The second kappa shape index (κ2) is 7.07. The standard InChI is InChI=1S/C17H23N3O/c1-5-14-7-9-15(10-8-14)13(4)20-16-12(3)17(21-6-2)19-11-18-16/h7-11,13H,5-6H2,1-4H3,(H,18,19,20). The maximum absolute atomic E-state index is 5.50. The average Bonchev–Trinajstić information content (AvgIpc) is 2.51. The number of anilines is 1. The van der Waals surface area contributed by atoms with Gasteiger partial charge in [0.2, 0.25) is 5.88 Å². The van der Waals surface area contributed by atoms with Crippen LogP contribution in [0.3, 0.4) is 0 Å². The fourth-order valence-electron chi connectivity index (χ4n) is 2.19. The highest BCUT2D eigenvalue weighted by Gasteiger charge is 2.11. The molecule has 1 unspecified atom stereocenters. The summed E-state index contributed by atoms with van der Waals surface area (Å²) in [6.45, 7) is 8.82. The van der Waals surface area contributed by atoms with Crippen LogP contribution >= 0.6 is 0 Å². The Labute approximate surface area is 126 Å². The fourth-order valence-corrected chi connectivity index (χ4v) is 2.19. The molecule has 0 bridgehead atoms. The minimum absolute atomic E-state index is 0.180. The Morgan fingerprint density at radius 2 is 1.86 bits per heavy atom. The van der Waals surface area contributed by atoms with Gasteiger partial charge in [-0.25, -0.2) is 9.97 Å². The molecule has 0 aliphatic carbocycles. The van der Waals surface area contributed by atoms with Crippen molar-refractivity contribution in [2.45, 2.75) is 40.2 Å². The summed E-state index contributed by atoms with van der Waals surface area (Å²) >= 11 is 0. The molecule has 4 nitrogen and oxygen atoms in total. The Hall–Kier alpha value is -2.10. The van der Waals surface area contributed by atoms with Gasteiger partial charge in [-0.05, 0) is 38.3 Å². The van der Waals surface area contributed by atoms with Crippen molar-refractivity contribution in [2.24, 2.45) is 0 Å². The van der Waals surface area contributed by atoms with Gasteiger partial charge >= 0.3 is 0 Å². The average molecular weight is 285 g/mol. The van der Waals surface area contributed by atoms with E-state index in [1.807, 2.05) is 13.8 Å². The van der Waals surface area contributed by atoms with Crippen LogP contribution in [-0.4, -0.2) is 16.6 Å². The monoisotopic (exact) mass is 285 g/mol. The highest BCUT2D eigenvalue weighted by atomic mass is 16.5. The smallest absolute Gasteiger partial charge is 0.221 e. The molecule has 0 saturated carbocycles. The number of nitrogens with one attached hydrogen (secondary N) is 1. The molecule has 0 aliphatic rings. The van der Waals surface area contributed by atoms with Crippen LogP contribution < -0.4 is 10.1 Å². The van der Waals surface area contributed by atoms with Crippen LogP contribution in [-0.2, 0) is 6.42 Å². The first kappa shape index (κ1) is 15.3. The van der Waals surface area contributed by atoms with E-state index in [2.05, 4.69) is 53.4 Å². The van der Waals surface area contributed by atoms with E-state index in [4.69, 9.17) is 4.74 Å². The molecule has 0 spiro atoms. The van der Waals surface area contributed by atoms with Crippen LogP contribution in [0, 0.1) is 6.92 Å². The third-order valence-electron chi connectivity index (χ3n) is 3.56. The molecule has 2 rings (SSSR count). The van der Waals surface area contributed by atoms with Crippen molar-refractivity contribution < 1.29 is 4.74 Å². The first-order valence-corrected chi connectivity index (χ1v) is 7.45. The number of hydrogen-bond donors (Lipinski definition) is 1. The Morgan fingerprint density at radius 1 is 1.14 bits per heavy atom. The number of aryl methyl sites for hydroxylation is 1. The van der Waals surface area contributed by atoms with Gasteiger partial charge in [0.05, 0.1) is 12.2 Å². The van der Waals surface area contributed by atoms with E-state index in [1.54, 1.807) is 0 Å². The van der Waals surface area contributed by atoms with Crippen LogP contribution in [0.2, 0.25) is 0 Å². The van der Waals surface area contributed by atoms with Crippen molar-refractivity contribution in [1.29, 1.82) is 0 Å². The predicted molar refractivity (Wildman–Crippen MR) is 85.8 cm³/mol. The molecule has 0 radical (unpaired) electrons. The highest BCUT2D eigenvalue weighted by Crippen LogP contribution is 2.24. The topological polar surface area (TPSA) is 47.0 Å². The van der Waals surface area contributed by atoms with E-state index >= 15 is 0 Å². The second-order valence-corrected chi connectivity index (χ2v) is 5.05. The van der Waals surface area contributed by atoms with E-state index in [1.165, 1.54) is 17.5 Å². The van der Waals surface area contributed by atoms with Gasteiger partial charge in [-0.3, -0.25) is 0 Å². The van der Waals surface area contributed by atoms with Gasteiger partial charge in [-0.2, -0.15) is 0 Å². The highest BCUT2D eigenvalue weighted by molar-refractivity contribution is 5.49. The maximum atomic E-state index is 5.50. The quantitative estimate of drug-likeness (QED) is 0.874. The van der Waals surface area contributed by atoms with Crippen molar-refractivity contribution in [1.82, 2.24) is 9.97 Å². The maximum Gasteiger partial charge on any atom is 0.221 e. The summed E-state index contributed by atoms with van der Waals surface area (Å²) in [4.78, 5) is 8.48. The van der Waals surface area contributed by atoms with Crippen molar-refractivity contribution in [3.63, 3.8) is 0 Å². The lowest BCUT2D eigenvalue weighted by Gasteiger charge is -2.17. The second-order valence-electron chi connectivity index (χ2n) is 5.05. The summed E-state index contributed by atoms with van der Waals surface area (Å²) in [7, 11) is 0. The zero-order valence-corrected chi connectivity index (χ0v) is 13.2. The summed E-state index contributed by atoms with van der Waals surface area (Å²) in [6.07, 6.45) is 2.60. The minimum atomic E-state index is 0.180. The van der Waals surface area contributed by atoms with Crippen LogP contribution in [0.15, 0.2) is 30.6 Å². The molecule has 2 aromatic rings. The third kappa shape index (κ3) is 3.72. The van der Waals surface area contributed by atoms with Crippen molar-refractivity contribution in [3.05, 3.63) is 47.3 Å². The molecule has 1 N–H and O–H groups in total. The van der Waals surface area contributed by atoms with Crippen molar-refractivity contribution in [3.8, 4) is 5.88 Å². The Kier molecular flexibility index (Phi) is 5.14. The molecule has 1 aromatic heterocycles. The van der Waals surface area contributed by atoms with Crippen LogP contribution in [0.4, 0.5) is 5.82 Å². The number of hydrogen-bond acceptors (Lipinski definition) is 4. The lowest BCUT2D eigenvalue weighted by molar-refractivity contribution is 0.324. The van der Waals surface area contributed by atoms with Gasteiger partial charge in [-0.1, -0.05) is 31.2 Å². The van der Waals surface area contributed by atoms with Gasteiger partial charge in [0.15, 0.2) is 0 Å². The molecule has 0 amide bonds. The molecule has 0 fully saturated rings. The molecule has 0 saturated heterocycles. The Morgan fingerprint density at radius 3 is 2.48 bits per heavy atom. The molecule has 21 heavy (non-hydrogen) atoms. The van der Waals surface area contributed by atoms with E-state index in [0.29, 0.717) is 12.5 Å². The third-order valence-corrected chi connectivity index (χ3v) is 3.56. The number of rotatable bonds is 6. The van der Waals surface area contributed by atoms with Gasteiger partial charge in [0, 0.05) is 6.04 Å². The van der Waals surface area contributed by atoms with Crippen LogP contribution in [0.1, 0.15) is 43.5 Å². The van der Waals surface area contributed by atoms with Crippen molar-refractivity contribution >= 4 is 5.82 Å². The Balaban J connectivity index is 2.14.